The Balaban J connectivity index is 1.77. The van der Waals surface area contributed by atoms with Crippen LogP contribution < -0.4 is 16.2 Å². The van der Waals surface area contributed by atoms with Crippen molar-refractivity contribution in [3.05, 3.63) is 34.4 Å². The van der Waals surface area contributed by atoms with Crippen LogP contribution >= 0.6 is 0 Å². The second-order valence-corrected chi connectivity index (χ2v) is 5.90. The standard InChI is InChI=1S/C17H22N4O3/c1-24-10-4-8-18-17(23)19-12-6-7-14-13(11-12)16(22)21-9-3-2-5-15(21)20-14/h6-7,11H,2-5,8-10H2,1H3,(H2,18,19,23). The summed E-state index contributed by atoms with van der Waals surface area (Å²) < 4.78 is 6.68. The topological polar surface area (TPSA) is 85.2 Å². The van der Waals surface area contributed by atoms with Crippen molar-refractivity contribution in [3.8, 4) is 0 Å². The zero-order chi connectivity index (χ0) is 16.9. The number of carbonyl (C=O) groups is 1. The fraction of sp³-hybridized carbons (Fsp3) is 0.471. The minimum atomic E-state index is -0.295. The summed E-state index contributed by atoms with van der Waals surface area (Å²) in [4.78, 5) is 29.1. The number of amides is 2. The van der Waals surface area contributed by atoms with Crippen molar-refractivity contribution in [3.63, 3.8) is 0 Å². The first-order valence-electron chi connectivity index (χ1n) is 8.26. The summed E-state index contributed by atoms with van der Waals surface area (Å²) in [5.74, 6) is 0.857. The maximum Gasteiger partial charge on any atom is 0.319 e. The third kappa shape index (κ3) is 3.56. The molecule has 7 nitrogen and oxygen atoms in total. The highest BCUT2D eigenvalue weighted by Gasteiger charge is 2.15. The Labute approximate surface area is 140 Å². The van der Waals surface area contributed by atoms with Crippen molar-refractivity contribution in [1.29, 1.82) is 0 Å². The van der Waals surface area contributed by atoms with E-state index in [0.717, 1.165) is 38.1 Å². The highest BCUT2D eigenvalue weighted by molar-refractivity contribution is 5.92. The maximum absolute atomic E-state index is 12.6. The molecular formula is C17H22N4O3. The Bertz CT molecular complexity index is 800. The number of carbonyl (C=O) groups excluding carboxylic acids is 1. The Kier molecular flexibility index (Phi) is 5.10. The van der Waals surface area contributed by atoms with Crippen LogP contribution in [0.2, 0.25) is 0 Å². The summed E-state index contributed by atoms with van der Waals surface area (Å²) in [5, 5.41) is 6.04. The molecule has 0 spiro atoms. The Hall–Kier alpha value is -2.41. The molecule has 7 heteroatoms. The summed E-state index contributed by atoms with van der Waals surface area (Å²) in [6, 6.07) is 4.95. The zero-order valence-electron chi connectivity index (χ0n) is 13.8. The summed E-state index contributed by atoms with van der Waals surface area (Å²) in [7, 11) is 1.63. The van der Waals surface area contributed by atoms with E-state index in [1.54, 1.807) is 29.9 Å². The average molecular weight is 330 g/mol. The van der Waals surface area contributed by atoms with Crippen LogP contribution in [0.25, 0.3) is 10.9 Å². The number of hydrogen-bond donors (Lipinski definition) is 2. The van der Waals surface area contributed by atoms with Gasteiger partial charge in [0.1, 0.15) is 5.82 Å². The van der Waals surface area contributed by atoms with Gasteiger partial charge in [-0.2, -0.15) is 0 Å². The third-order valence-electron chi connectivity index (χ3n) is 4.13. The van der Waals surface area contributed by atoms with Crippen LogP contribution in [0.1, 0.15) is 25.1 Å². The molecule has 24 heavy (non-hydrogen) atoms. The van der Waals surface area contributed by atoms with E-state index in [1.165, 1.54) is 0 Å². The van der Waals surface area contributed by atoms with E-state index in [2.05, 4.69) is 15.6 Å². The van der Waals surface area contributed by atoms with Gasteiger partial charge in [-0.15, -0.1) is 0 Å². The minimum absolute atomic E-state index is 0.0288. The first-order chi connectivity index (χ1) is 11.7. The molecule has 0 saturated carbocycles. The SMILES string of the molecule is COCCCNC(=O)Nc1ccc2nc3n(c(=O)c2c1)CCCC3. The van der Waals surface area contributed by atoms with E-state index in [4.69, 9.17) is 4.74 Å². The van der Waals surface area contributed by atoms with Gasteiger partial charge in [-0.3, -0.25) is 9.36 Å². The summed E-state index contributed by atoms with van der Waals surface area (Å²) in [6.45, 7) is 1.85. The predicted octanol–water partition coefficient (Wildman–Crippen LogP) is 1.89. The Morgan fingerprint density at radius 2 is 2.25 bits per heavy atom. The molecular weight excluding hydrogens is 308 g/mol. The van der Waals surface area contributed by atoms with Gasteiger partial charge in [0, 0.05) is 38.9 Å². The predicted molar refractivity (Wildman–Crippen MR) is 92.5 cm³/mol. The molecule has 0 fully saturated rings. The number of aryl methyl sites for hydroxylation is 1. The molecule has 1 aliphatic heterocycles. The van der Waals surface area contributed by atoms with Gasteiger partial charge < -0.3 is 15.4 Å². The molecule has 1 aromatic heterocycles. The molecule has 2 N–H and O–H groups in total. The smallest absolute Gasteiger partial charge is 0.319 e. The molecule has 0 bridgehead atoms. The number of fused-ring (bicyclic) bond motifs is 2. The number of nitrogens with one attached hydrogen (secondary N) is 2. The number of urea groups is 1. The van der Waals surface area contributed by atoms with E-state index in [1.807, 2.05) is 0 Å². The van der Waals surface area contributed by atoms with Crippen molar-refractivity contribution in [1.82, 2.24) is 14.9 Å². The number of ether oxygens (including phenoxy) is 1. The summed E-state index contributed by atoms with van der Waals surface area (Å²) in [6.07, 6.45) is 3.66. The first-order valence-corrected chi connectivity index (χ1v) is 8.26. The number of rotatable bonds is 5. The van der Waals surface area contributed by atoms with Gasteiger partial charge in [0.2, 0.25) is 0 Å². The molecule has 2 amide bonds. The first kappa shape index (κ1) is 16.4. The van der Waals surface area contributed by atoms with Crippen molar-refractivity contribution in [2.24, 2.45) is 0 Å². The number of methoxy groups -OCH3 is 1. The lowest BCUT2D eigenvalue weighted by Crippen LogP contribution is -2.30. The normalized spacial score (nSPS) is 13.5. The Morgan fingerprint density at radius 1 is 1.38 bits per heavy atom. The molecule has 128 valence electrons. The van der Waals surface area contributed by atoms with E-state index in [9.17, 15) is 9.59 Å². The van der Waals surface area contributed by atoms with E-state index in [0.29, 0.717) is 29.7 Å². The second kappa shape index (κ2) is 7.44. The third-order valence-corrected chi connectivity index (χ3v) is 4.13. The molecule has 1 aliphatic rings. The van der Waals surface area contributed by atoms with Crippen LogP contribution in [0.5, 0.6) is 0 Å². The van der Waals surface area contributed by atoms with Crippen molar-refractivity contribution in [2.75, 3.05) is 25.6 Å². The molecule has 0 atom stereocenters. The largest absolute Gasteiger partial charge is 0.385 e. The summed E-state index contributed by atoms with van der Waals surface area (Å²) in [5.41, 5.74) is 1.24. The molecule has 0 radical (unpaired) electrons. The lowest BCUT2D eigenvalue weighted by Gasteiger charge is -2.18. The van der Waals surface area contributed by atoms with Gasteiger partial charge in [-0.1, -0.05) is 0 Å². The van der Waals surface area contributed by atoms with Gasteiger partial charge in [0.25, 0.3) is 5.56 Å². The van der Waals surface area contributed by atoms with Crippen molar-refractivity contribution < 1.29 is 9.53 Å². The summed E-state index contributed by atoms with van der Waals surface area (Å²) >= 11 is 0. The monoisotopic (exact) mass is 330 g/mol. The molecule has 1 aromatic carbocycles. The number of nitrogens with zero attached hydrogens (tertiary/aromatic N) is 2. The van der Waals surface area contributed by atoms with Crippen LogP contribution in [0.15, 0.2) is 23.0 Å². The van der Waals surface area contributed by atoms with E-state index >= 15 is 0 Å². The van der Waals surface area contributed by atoms with Gasteiger partial charge in [-0.05, 0) is 37.5 Å². The van der Waals surface area contributed by atoms with Crippen molar-refractivity contribution in [2.45, 2.75) is 32.2 Å². The lowest BCUT2D eigenvalue weighted by molar-refractivity contribution is 0.194. The van der Waals surface area contributed by atoms with Crippen LogP contribution in [-0.2, 0) is 17.7 Å². The van der Waals surface area contributed by atoms with Crippen LogP contribution in [0.4, 0.5) is 10.5 Å². The second-order valence-electron chi connectivity index (χ2n) is 5.90. The number of benzene rings is 1. The van der Waals surface area contributed by atoms with Crippen LogP contribution in [0.3, 0.4) is 0 Å². The molecule has 0 saturated heterocycles. The molecule has 0 aliphatic carbocycles. The quantitative estimate of drug-likeness (QED) is 0.820. The van der Waals surface area contributed by atoms with Gasteiger partial charge >= 0.3 is 6.03 Å². The van der Waals surface area contributed by atoms with Crippen molar-refractivity contribution >= 4 is 22.6 Å². The number of anilines is 1. The number of aromatic nitrogens is 2. The molecule has 3 rings (SSSR count). The number of hydrogen-bond acceptors (Lipinski definition) is 4. The Morgan fingerprint density at radius 3 is 3.08 bits per heavy atom. The maximum atomic E-state index is 12.6. The average Bonchev–Trinajstić information content (AvgIpc) is 2.60. The fourth-order valence-corrected chi connectivity index (χ4v) is 2.91. The highest BCUT2D eigenvalue weighted by atomic mass is 16.5. The molecule has 0 unspecified atom stereocenters. The van der Waals surface area contributed by atoms with Crippen LogP contribution in [-0.4, -0.2) is 35.8 Å². The van der Waals surface area contributed by atoms with Crippen LogP contribution in [0, 0.1) is 0 Å². The molecule has 2 heterocycles. The fourth-order valence-electron chi connectivity index (χ4n) is 2.91. The van der Waals surface area contributed by atoms with Gasteiger partial charge in [-0.25, -0.2) is 9.78 Å². The minimum Gasteiger partial charge on any atom is -0.385 e. The van der Waals surface area contributed by atoms with Gasteiger partial charge in [0.15, 0.2) is 0 Å². The zero-order valence-corrected chi connectivity index (χ0v) is 13.8. The lowest BCUT2D eigenvalue weighted by atomic mass is 10.1. The van der Waals surface area contributed by atoms with Gasteiger partial charge in [0.05, 0.1) is 10.9 Å². The van der Waals surface area contributed by atoms with E-state index < -0.39 is 0 Å². The molecule has 2 aromatic rings. The highest BCUT2D eigenvalue weighted by Crippen LogP contribution is 2.18. The van der Waals surface area contributed by atoms with E-state index in [-0.39, 0.29) is 11.6 Å².